The van der Waals surface area contributed by atoms with Crippen LogP contribution in [-0.4, -0.2) is 37.1 Å². The summed E-state index contributed by atoms with van der Waals surface area (Å²) in [5, 5.41) is 5.26. The summed E-state index contributed by atoms with van der Waals surface area (Å²) in [4.78, 5) is 37.2. The molecule has 0 aliphatic rings. The molecule has 0 aliphatic carbocycles. The van der Waals surface area contributed by atoms with Crippen LogP contribution in [0.3, 0.4) is 0 Å². The molecule has 4 N–H and O–H groups in total. The number of primary amides is 1. The van der Waals surface area contributed by atoms with Gasteiger partial charge in [-0.2, -0.15) is 0 Å². The van der Waals surface area contributed by atoms with Crippen molar-refractivity contribution in [2.75, 3.05) is 7.11 Å². The molecule has 2 aromatic carbocycles. The fraction of sp³-hybridized carbons (Fsp3) is 0.375. The first kappa shape index (κ1) is 24.7. The van der Waals surface area contributed by atoms with E-state index in [9.17, 15) is 14.4 Å². The summed E-state index contributed by atoms with van der Waals surface area (Å²) >= 11 is 0. The van der Waals surface area contributed by atoms with Crippen molar-refractivity contribution in [2.24, 2.45) is 11.7 Å². The fourth-order valence-electron chi connectivity index (χ4n) is 3.14. The zero-order valence-corrected chi connectivity index (χ0v) is 18.7. The van der Waals surface area contributed by atoms with Gasteiger partial charge in [-0.15, -0.1) is 0 Å². The molecule has 172 valence electrons. The number of hydrogen-bond donors (Lipinski definition) is 3. The highest BCUT2D eigenvalue weighted by atomic mass is 16.5. The van der Waals surface area contributed by atoms with Crippen LogP contribution >= 0.6 is 0 Å². The molecular weight excluding hydrogens is 410 g/mol. The van der Waals surface area contributed by atoms with E-state index < -0.39 is 30.0 Å². The lowest BCUT2D eigenvalue weighted by Crippen LogP contribution is -2.54. The maximum absolute atomic E-state index is 12.9. The summed E-state index contributed by atoms with van der Waals surface area (Å²) < 4.78 is 10.4. The molecule has 0 heterocycles. The first-order chi connectivity index (χ1) is 15.3. The van der Waals surface area contributed by atoms with Gasteiger partial charge >= 0.3 is 6.09 Å². The predicted molar refractivity (Wildman–Crippen MR) is 121 cm³/mol. The number of nitrogens with one attached hydrogen (secondary N) is 2. The molecule has 2 rings (SSSR count). The Kier molecular flexibility index (Phi) is 9.53. The van der Waals surface area contributed by atoms with Gasteiger partial charge in [0.15, 0.2) is 0 Å². The second kappa shape index (κ2) is 12.3. The Morgan fingerprint density at radius 2 is 1.62 bits per heavy atom. The van der Waals surface area contributed by atoms with Crippen LogP contribution in [0.15, 0.2) is 54.6 Å². The molecular formula is C24H31N3O5. The minimum Gasteiger partial charge on any atom is -0.497 e. The number of methoxy groups -OCH3 is 1. The molecule has 3 amide bonds. The monoisotopic (exact) mass is 441 g/mol. The molecule has 8 heteroatoms. The van der Waals surface area contributed by atoms with Crippen molar-refractivity contribution in [1.29, 1.82) is 0 Å². The molecule has 0 saturated heterocycles. The number of alkyl carbamates (subject to hydrolysis) is 1. The average Bonchev–Trinajstić information content (AvgIpc) is 2.77. The van der Waals surface area contributed by atoms with Crippen molar-refractivity contribution >= 4 is 17.9 Å². The van der Waals surface area contributed by atoms with Crippen molar-refractivity contribution < 1.29 is 23.9 Å². The van der Waals surface area contributed by atoms with Crippen LogP contribution in [0, 0.1) is 5.92 Å². The third kappa shape index (κ3) is 8.29. The molecule has 32 heavy (non-hydrogen) atoms. The van der Waals surface area contributed by atoms with Crippen molar-refractivity contribution in [3.8, 4) is 5.75 Å². The number of rotatable bonds is 11. The van der Waals surface area contributed by atoms with Crippen LogP contribution in [0.1, 0.15) is 31.4 Å². The molecule has 0 aromatic heterocycles. The van der Waals surface area contributed by atoms with Gasteiger partial charge in [0, 0.05) is 6.42 Å². The van der Waals surface area contributed by atoms with Gasteiger partial charge in [0.05, 0.1) is 7.11 Å². The van der Waals surface area contributed by atoms with Gasteiger partial charge in [-0.05, 0) is 35.6 Å². The number of hydrogen-bond acceptors (Lipinski definition) is 5. The molecule has 0 bridgehead atoms. The minimum absolute atomic E-state index is 0.0858. The number of carbonyl (C=O) groups excluding carboxylic acids is 3. The van der Waals surface area contributed by atoms with Crippen molar-refractivity contribution in [1.82, 2.24) is 10.6 Å². The number of amides is 3. The molecule has 0 saturated carbocycles. The summed E-state index contributed by atoms with van der Waals surface area (Å²) in [5.41, 5.74) is 7.14. The zero-order chi connectivity index (χ0) is 23.5. The van der Waals surface area contributed by atoms with Crippen LogP contribution in [-0.2, 0) is 27.4 Å². The molecule has 8 nitrogen and oxygen atoms in total. The van der Waals surface area contributed by atoms with E-state index in [0.29, 0.717) is 12.2 Å². The van der Waals surface area contributed by atoms with E-state index in [1.165, 1.54) is 0 Å². The van der Waals surface area contributed by atoms with E-state index in [-0.39, 0.29) is 18.9 Å². The Labute approximate surface area is 188 Å². The number of benzene rings is 2. The third-order valence-electron chi connectivity index (χ3n) is 4.76. The van der Waals surface area contributed by atoms with Gasteiger partial charge < -0.3 is 25.8 Å². The lowest BCUT2D eigenvalue weighted by molar-refractivity contribution is -0.128. The van der Waals surface area contributed by atoms with Gasteiger partial charge in [0.25, 0.3) is 0 Å². The first-order valence-electron chi connectivity index (χ1n) is 10.5. The van der Waals surface area contributed by atoms with Gasteiger partial charge in [-0.1, -0.05) is 56.3 Å². The molecule has 0 aliphatic heterocycles. The lowest BCUT2D eigenvalue weighted by atomic mass is 10.0. The van der Waals surface area contributed by atoms with E-state index in [4.69, 9.17) is 15.2 Å². The second-order valence-electron chi connectivity index (χ2n) is 7.91. The smallest absolute Gasteiger partial charge is 0.408 e. The Morgan fingerprint density at radius 3 is 2.25 bits per heavy atom. The third-order valence-corrected chi connectivity index (χ3v) is 4.76. The Balaban J connectivity index is 2.01. The minimum atomic E-state index is -0.939. The van der Waals surface area contributed by atoms with Gasteiger partial charge in [0.1, 0.15) is 24.4 Å². The highest BCUT2D eigenvalue weighted by Gasteiger charge is 2.27. The highest BCUT2D eigenvalue weighted by Crippen LogP contribution is 2.14. The number of carbonyl (C=O) groups is 3. The zero-order valence-electron chi connectivity index (χ0n) is 18.7. The van der Waals surface area contributed by atoms with Crippen molar-refractivity contribution in [3.05, 3.63) is 65.7 Å². The van der Waals surface area contributed by atoms with Gasteiger partial charge in [0.2, 0.25) is 11.8 Å². The normalized spacial score (nSPS) is 12.5. The summed E-state index contributed by atoms with van der Waals surface area (Å²) in [6.45, 7) is 3.95. The van der Waals surface area contributed by atoms with Crippen LogP contribution < -0.4 is 21.1 Å². The molecule has 0 fully saturated rings. The summed E-state index contributed by atoms with van der Waals surface area (Å²) in [5.74, 6) is -0.415. The quantitative estimate of drug-likeness (QED) is 0.495. The van der Waals surface area contributed by atoms with E-state index in [2.05, 4.69) is 10.6 Å². The van der Waals surface area contributed by atoms with Gasteiger partial charge in [-0.3, -0.25) is 9.59 Å². The number of ether oxygens (including phenoxy) is 2. The van der Waals surface area contributed by atoms with E-state index in [0.717, 1.165) is 11.1 Å². The van der Waals surface area contributed by atoms with E-state index >= 15 is 0 Å². The van der Waals surface area contributed by atoms with Gasteiger partial charge in [-0.25, -0.2) is 4.79 Å². The Morgan fingerprint density at radius 1 is 0.938 bits per heavy atom. The van der Waals surface area contributed by atoms with E-state index in [1.54, 1.807) is 25.3 Å². The lowest BCUT2D eigenvalue weighted by Gasteiger charge is -2.23. The van der Waals surface area contributed by atoms with Crippen LogP contribution in [0.25, 0.3) is 0 Å². The van der Waals surface area contributed by atoms with E-state index in [1.807, 2.05) is 50.2 Å². The largest absolute Gasteiger partial charge is 0.497 e. The summed E-state index contributed by atoms with van der Waals surface area (Å²) in [6.07, 6.45) is -0.139. The van der Waals surface area contributed by atoms with Crippen LogP contribution in [0.4, 0.5) is 4.79 Å². The average molecular weight is 442 g/mol. The molecule has 0 unspecified atom stereocenters. The highest BCUT2D eigenvalue weighted by molar-refractivity contribution is 5.90. The second-order valence-corrected chi connectivity index (χ2v) is 7.91. The van der Waals surface area contributed by atoms with Crippen molar-refractivity contribution in [3.63, 3.8) is 0 Å². The summed E-state index contributed by atoms with van der Waals surface area (Å²) in [7, 11) is 1.55. The molecule has 0 spiro atoms. The van der Waals surface area contributed by atoms with Crippen molar-refractivity contribution in [2.45, 2.75) is 45.4 Å². The molecule has 2 atom stereocenters. The van der Waals surface area contributed by atoms with Crippen LogP contribution in [0.5, 0.6) is 5.75 Å². The maximum atomic E-state index is 12.9. The predicted octanol–water partition coefficient (Wildman–Crippen LogP) is 2.55. The molecule has 0 radical (unpaired) electrons. The van der Waals surface area contributed by atoms with Crippen LogP contribution in [0.2, 0.25) is 0 Å². The maximum Gasteiger partial charge on any atom is 0.408 e. The Hall–Kier alpha value is -3.55. The Bertz CT molecular complexity index is 902. The fourth-order valence-corrected chi connectivity index (χ4v) is 3.14. The standard InChI is InChI=1S/C24H31N3O5/c1-16(2)12-21(27-24(30)32-15-17-8-5-4-6-9-17)23(29)26-20(22(25)28)14-18-10-7-11-19(13-18)31-3/h4-11,13,16,20-21H,12,14-15H2,1-3H3,(H2,25,28)(H,26,29)(H,27,30)/t20-,21+/m1/s1. The molecule has 2 aromatic rings. The first-order valence-corrected chi connectivity index (χ1v) is 10.5. The SMILES string of the molecule is COc1cccc(C[C@@H](NC(=O)[C@H](CC(C)C)NC(=O)OCc2ccccc2)C(N)=O)c1. The number of nitrogens with two attached hydrogens (primary N) is 1. The topological polar surface area (TPSA) is 120 Å². The summed E-state index contributed by atoms with van der Waals surface area (Å²) in [6, 6.07) is 14.6.